The quantitative estimate of drug-likeness (QED) is 0.179. The molecule has 0 saturated heterocycles. The number of aromatic nitrogens is 2. The molecule has 0 atom stereocenters. The second kappa shape index (κ2) is 11.9. The van der Waals surface area contributed by atoms with Gasteiger partial charge in [0.25, 0.3) is 0 Å². The van der Waals surface area contributed by atoms with Crippen LogP contribution in [0.4, 0.5) is 17.1 Å². The Bertz CT molecular complexity index is 2840. The van der Waals surface area contributed by atoms with Gasteiger partial charge >= 0.3 is 0 Å². The van der Waals surface area contributed by atoms with Crippen LogP contribution < -0.4 is 4.90 Å². The Kier molecular flexibility index (Phi) is 6.78. The minimum absolute atomic E-state index is 0.621. The van der Waals surface area contributed by atoms with Gasteiger partial charge in [-0.15, -0.1) is 0 Å². The lowest BCUT2D eigenvalue weighted by molar-refractivity contribution is 0.620. The number of fused-ring (bicyclic) bond motifs is 6. The van der Waals surface area contributed by atoms with Crippen molar-refractivity contribution in [3.63, 3.8) is 0 Å². The maximum Gasteiger partial charge on any atom is 0.227 e. The highest BCUT2D eigenvalue weighted by Crippen LogP contribution is 2.42. The zero-order chi connectivity index (χ0) is 33.7. The minimum Gasteiger partial charge on any atom is -0.436 e. The van der Waals surface area contributed by atoms with E-state index in [2.05, 4.69) is 161 Å². The summed E-state index contributed by atoms with van der Waals surface area (Å²) in [5.41, 5.74) is 11.6. The van der Waals surface area contributed by atoms with Crippen molar-refractivity contribution < 1.29 is 4.42 Å². The van der Waals surface area contributed by atoms with E-state index in [-0.39, 0.29) is 0 Å². The average Bonchev–Trinajstić information content (AvgIpc) is 3.79. The molecular weight excluding hydrogens is 623 g/mol. The first-order valence-corrected chi connectivity index (χ1v) is 17.2. The van der Waals surface area contributed by atoms with Gasteiger partial charge in [0.2, 0.25) is 5.89 Å². The van der Waals surface area contributed by atoms with Crippen LogP contribution in [0.15, 0.2) is 192 Å². The fraction of sp³-hybridized carbons (Fsp3) is 0. The molecule has 4 heteroatoms. The molecular formula is C47H31N3O. The molecule has 2 heterocycles. The number of nitrogens with zero attached hydrogens (tertiary/aromatic N) is 3. The average molecular weight is 654 g/mol. The fourth-order valence-corrected chi connectivity index (χ4v) is 7.38. The molecule has 0 radical (unpaired) electrons. The van der Waals surface area contributed by atoms with E-state index < -0.39 is 0 Å². The molecule has 0 bridgehead atoms. The van der Waals surface area contributed by atoms with Gasteiger partial charge in [-0.3, -0.25) is 0 Å². The van der Waals surface area contributed by atoms with Crippen LogP contribution in [-0.2, 0) is 0 Å². The van der Waals surface area contributed by atoms with Crippen LogP contribution in [0.25, 0.3) is 71.9 Å². The molecule has 4 nitrogen and oxygen atoms in total. The molecule has 0 fully saturated rings. The van der Waals surface area contributed by atoms with Gasteiger partial charge in [-0.25, -0.2) is 4.98 Å². The molecule has 240 valence electrons. The molecule has 0 aliphatic rings. The summed E-state index contributed by atoms with van der Waals surface area (Å²) in [4.78, 5) is 7.37. The second-order valence-corrected chi connectivity index (χ2v) is 12.8. The zero-order valence-corrected chi connectivity index (χ0v) is 27.6. The van der Waals surface area contributed by atoms with Gasteiger partial charge in [-0.1, -0.05) is 115 Å². The van der Waals surface area contributed by atoms with Gasteiger partial charge in [0.1, 0.15) is 5.52 Å². The lowest BCUT2D eigenvalue weighted by Crippen LogP contribution is -2.10. The molecule has 0 N–H and O–H groups in total. The molecule has 0 aliphatic heterocycles. The van der Waals surface area contributed by atoms with Crippen molar-refractivity contribution in [2.45, 2.75) is 0 Å². The van der Waals surface area contributed by atoms with Gasteiger partial charge in [0, 0.05) is 44.5 Å². The standard InChI is InChI=1S/C47H31N3O/c1-4-12-32(13-5-1)33-20-24-37(25-21-33)49(38-26-22-34-23-29-45-46(42(34)30-38)48-47(51-45)35-14-6-2-7-15-35)39-27-28-41-40-18-10-11-19-43(40)50(44(41)31-39)36-16-8-3-9-17-36/h1-31H. The summed E-state index contributed by atoms with van der Waals surface area (Å²) in [6, 6.07) is 66.3. The molecule has 10 aromatic rings. The topological polar surface area (TPSA) is 34.2 Å². The predicted octanol–water partition coefficient (Wildman–Crippen LogP) is 12.9. The third kappa shape index (κ3) is 4.96. The van der Waals surface area contributed by atoms with Gasteiger partial charge in [-0.05, 0) is 89.3 Å². The highest BCUT2D eigenvalue weighted by molar-refractivity contribution is 6.11. The highest BCUT2D eigenvalue weighted by atomic mass is 16.3. The number of para-hydroxylation sites is 2. The van der Waals surface area contributed by atoms with Crippen molar-refractivity contribution in [1.82, 2.24) is 9.55 Å². The Morgan fingerprint density at radius 2 is 1.02 bits per heavy atom. The number of oxazole rings is 1. The monoisotopic (exact) mass is 653 g/mol. The fourth-order valence-electron chi connectivity index (χ4n) is 7.38. The van der Waals surface area contributed by atoms with Crippen molar-refractivity contribution in [2.24, 2.45) is 0 Å². The molecule has 2 aromatic heterocycles. The van der Waals surface area contributed by atoms with Crippen LogP contribution in [-0.4, -0.2) is 9.55 Å². The van der Waals surface area contributed by atoms with E-state index in [1.165, 1.54) is 27.4 Å². The molecule has 51 heavy (non-hydrogen) atoms. The van der Waals surface area contributed by atoms with Gasteiger partial charge in [0.05, 0.1) is 11.0 Å². The van der Waals surface area contributed by atoms with Crippen LogP contribution in [0.1, 0.15) is 0 Å². The Balaban J connectivity index is 1.19. The Hall–Kier alpha value is -6.91. The molecule has 0 spiro atoms. The van der Waals surface area contributed by atoms with E-state index in [9.17, 15) is 0 Å². The second-order valence-electron chi connectivity index (χ2n) is 12.8. The normalized spacial score (nSPS) is 11.5. The molecule has 10 rings (SSSR count). The van der Waals surface area contributed by atoms with Gasteiger partial charge in [-0.2, -0.15) is 0 Å². The summed E-state index contributed by atoms with van der Waals surface area (Å²) >= 11 is 0. The van der Waals surface area contributed by atoms with Crippen LogP contribution >= 0.6 is 0 Å². The lowest BCUT2D eigenvalue weighted by atomic mass is 10.0. The number of anilines is 3. The first-order valence-electron chi connectivity index (χ1n) is 17.2. The van der Waals surface area contributed by atoms with Crippen LogP contribution in [0.2, 0.25) is 0 Å². The summed E-state index contributed by atoms with van der Waals surface area (Å²) in [6.07, 6.45) is 0. The third-order valence-electron chi connectivity index (χ3n) is 9.80. The number of hydrogen-bond acceptors (Lipinski definition) is 3. The largest absolute Gasteiger partial charge is 0.436 e. The Morgan fingerprint density at radius 1 is 0.431 bits per heavy atom. The Morgan fingerprint density at radius 3 is 1.80 bits per heavy atom. The van der Waals surface area contributed by atoms with Gasteiger partial charge < -0.3 is 13.9 Å². The summed E-state index contributed by atoms with van der Waals surface area (Å²) in [5, 5.41) is 4.60. The number of benzene rings is 8. The van der Waals surface area contributed by atoms with Crippen LogP contribution in [0.3, 0.4) is 0 Å². The summed E-state index contributed by atoms with van der Waals surface area (Å²) in [5.74, 6) is 0.621. The SMILES string of the molecule is c1ccc(-c2ccc(N(c3ccc4ccc5oc(-c6ccccc6)nc5c4c3)c3ccc4c5ccccc5n(-c5ccccc5)c4c3)cc2)cc1. The van der Waals surface area contributed by atoms with Crippen molar-refractivity contribution in [3.05, 3.63) is 188 Å². The minimum atomic E-state index is 0.621. The first-order chi connectivity index (χ1) is 25.3. The molecule has 0 saturated carbocycles. The highest BCUT2D eigenvalue weighted by Gasteiger charge is 2.19. The predicted molar refractivity (Wildman–Crippen MR) is 211 cm³/mol. The van der Waals surface area contributed by atoms with E-state index in [0.717, 1.165) is 55.7 Å². The maximum atomic E-state index is 6.29. The molecule has 0 unspecified atom stereocenters. The Labute approximate surface area is 295 Å². The van der Waals surface area contributed by atoms with Crippen molar-refractivity contribution >= 4 is 60.7 Å². The van der Waals surface area contributed by atoms with E-state index in [1.54, 1.807) is 0 Å². The van der Waals surface area contributed by atoms with E-state index in [1.807, 2.05) is 36.4 Å². The zero-order valence-electron chi connectivity index (χ0n) is 27.6. The third-order valence-corrected chi connectivity index (χ3v) is 9.80. The maximum absolute atomic E-state index is 6.29. The van der Waals surface area contributed by atoms with E-state index in [0.29, 0.717) is 5.89 Å². The van der Waals surface area contributed by atoms with Crippen molar-refractivity contribution in [1.29, 1.82) is 0 Å². The van der Waals surface area contributed by atoms with E-state index >= 15 is 0 Å². The first kappa shape index (κ1) is 29.0. The van der Waals surface area contributed by atoms with Crippen LogP contribution in [0, 0.1) is 0 Å². The number of rotatable bonds is 6. The van der Waals surface area contributed by atoms with Crippen LogP contribution in [0.5, 0.6) is 0 Å². The van der Waals surface area contributed by atoms with Crippen molar-refractivity contribution in [2.75, 3.05) is 4.90 Å². The van der Waals surface area contributed by atoms with E-state index in [4.69, 9.17) is 9.40 Å². The molecule has 8 aromatic carbocycles. The summed E-state index contributed by atoms with van der Waals surface area (Å²) < 4.78 is 8.66. The van der Waals surface area contributed by atoms with Gasteiger partial charge in [0.15, 0.2) is 5.58 Å². The smallest absolute Gasteiger partial charge is 0.227 e. The molecule has 0 amide bonds. The summed E-state index contributed by atoms with van der Waals surface area (Å²) in [7, 11) is 0. The molecule has 0 aliphatic carbocycles. The summed E-state index contributed by atoms with van der Waals surface area (Å²) in [6.45, 7) is 0. The lowest BCUT2D eigenvalue weighted by Gasteiger charge is -2.26. The van der Waals surface area contributed by atoms with Crippen molar-refractivity contribution in [3.8, 4) is 28.3 Å². The number of hydrogen-bond donors (Lipinski definition) is 0.